The average Bonchev–Trinajstić information content (AvgIpc) is 2.53. The Balaban J connectivity index is 1.85. The van der Waals surface area contributed by atoms with Crippen LogP contribution in [0.3, 0.4) is 0 Å². The molecule has 2 amide bonds. The molecule has 0 aliphatic carbocycles. The predicted molar refractivity (Wildman–Crippen MR) is 86.2 cm³/mol. The van der Waals surface area contributed by atoms with E-state index in [1.165, 1.54) is 0 Å². The van der Waals surface area contributed by atoms with Gasteiger partial charge in [-0.05, 0) is 19.4 Å². The number of rotatable bonds is 5. The molecule has 3 atom stereocenters. The number of benzene rings is 1. The highest BCUT2D eigenvalue weighted by atomic mass is 19.4. The molecule has 1 aliphatic rings. The Bertz CT molecular complexity index is 554. The minimum absolute atomic E-state index is 0.138. The largest absolute Gasteiger partial charge is 0.411 e. The Morgan fingerprint density at radius 1 is 1.36 bits per heavy atom. The molecule has 1 fully saturated rings. The summed E-state index contributed by atoms with van der Waals surface area (Å²) in [6.45, 7) is 2.77. The lowest BCUT2D eigenvalue weighted by Crippen LogP contribution is -2.52. The first kappa shape index (κ1) is 19.5. The van der Waals surface area contributed by atoms with E-state index in [1.807, 2.05) is 37.3 Å². The number of carbonyl (C=O) groups excluding carboxylic acids is 1. The molecule has 1 heterocycles. The standard InChI is InChI=1S/C17H23F3N2O3/c1-12(10-24-11-17(18,19)20)21-16(23)22-8-13(2)25-15(9-22)14-6-4-3-5-7-14/h3-7,12-13,15H,8-11H2,1-2H3,(H,21,23)/t12-,13+,15+/m1/s1. The highest BCUT2D eigenvalue weighted by Gasteiger charge is 2.30. The predicted octanol–water partition coefficient (Wildman–Crippen LogP) is 3.13. The number of ether oxygens (including phenoxy) is 2. The van der Waals surface area contributed by atoms with Crippen molar-refractivity contribution in [2.24, 2.45) is 0 Å². The van der Waals surface area contributed by atoms with Gasteiger partial charge in [0.1, 0.15) is 12.7 Å². The van der Waals surface area contributed by atoms with E-state index in [1.54, 1.807) is 11.8 Å². The molecule has 8 heteroatoms. The number of hydrogen-bond donors (Lipinski definition) is 1. The van der Waals surface area contributed by atoms with Gasteiger partial charge in [-0.25, -0.2) is 4.79 Å². The van der Waals surface area contributed by atoms with Gasteiger partial charge < -0.3 is 19.7 Å². The van der Waals surface area contributed by atoms with Crippen molar-refractivity contribution in [1.82, 2.24) is 10.2 Å². The van der Waals surface area contributed by atoms with Crippen LogP contribution in [0.25, 0.3) is 0 Å². The van der Waals surface area contributed by atoms with E-state index < -0.39 is 18.8 Å². The third kappa shape index (κ3) is 6.55. The summed E-state index contributed by atoms with van der Waals surface area (Å²) in [6.07, 6.45) is -4.74. The molecule has 140 valence electrons. The minimum atomic E-state index is -4.37. The van der Waals surface area contributed by atoms with E-state index >= 15 is 0 Å². The maximum absolute atomic E-state index is 12.4. The summed E-state index contributed by atoms with van der Waals surface area (Å²) in [5, 5.41) is 2.67. The summed E-state index contributed by atoms with van der Waals surface area (Å²) in [6, 6.07) is 8.73. The van der Waals surface area contributed by atoms with Gasteiger partial charge in [0.25, 0.3) is 0 Å². The van der Waals surface area contributed by atoms with E-state index in [0.29, 0.717) is 13.1 Å². The van der Waals surface area contributed by atoms with E-state index in [9.17, 15) is 18.0 Å². The fourth-order valence-electron chi connectivity index (χ4n) is 2.66. The van der Waals surface area contributed by atoms with Gasteiger partial charge in [-0.1, -0.05) is 30.3 Å². The molecule has 1 aromatic carbocycles. The van der Waals surface area contributed by atoms with Crippen molar-refractivity contribution < 1.29 is 27.4 Å². The Kier molecular flexibility index (Phi) is 6.66. The van der Waals surface area contributed by atoms with Crippen LogP contribution in [-0.2, 0) is 9.47 Å². The van der Waals surface area contributed by atoms with Gasteiger partial charge in [0.2, 0.25) is 0 Å². The minimum Gasteiger partial charge on any atom is -0.370 e. The first-order chi connectivity index (χ1) is 11.7. The van der Waals surface area contributed by atoms with E-state index in [0.717, 1.165) is 5.56 Å². The Hall–Kier alpha value is -1.80. The first-order valence-corrected chi connectivity index (χ1v) is 8.15. The third-order valence-electron chi connectivity index (χ3n) is 3.72. The first-order valence-electron chi connectivity index (χ1n) is 8.15. The molecule has 25 heavy (non-hydrogen) atoms. The zero-order valence-corrected chi connectivity index (χ0v) is 14.3. The second-order valence-corrected chi connectivity index (χ2v) is 6.23. The lowest BCUT2D eigenvalue weighted by molar-refractivity contribution is -0.174. The summed E-state index contributed by atoms with van der Waals surface area (Å²) in [5.74, 6) is 0. The van der Waals surface area contributed by atoms with Gasteiger partial charge in [0.15, 0.2) is 0 Å². The molecule has 1 aromatic rings. The van der Waals surface area contributed by atoms with E-state index in [-0.39, 0.29) is 24.8 Å². The SMILES string of the molecule is C[C@H](COCC(F)(F)F)NC(=O)N1C[C@@H](c2ccccc2)O[C@@H](C)C1. The van der Waals surface area contributed by atoms with Crippen molar-refractivity contribution in [2.45, 2.75) is 38.3 Å². The van der Waals surface area contributed by atoms with E-state index in [4.69, 9.17) is 4.74 Å². The van der Waals surface area contributed by atoms with Crippen LogP contribution in [0.2, 0.25) is 0 Å². The van der Waals surface area contributed by atoms with Crippen LogP contribution in [0.4, 0.5) is 18.0 Å². The zero-order valence-electron chi connectivity index (χ0n) is 14.3. The molecule has 0 radical (unpaired) electrons. The molecule has 1 saturated heterocycles. The van der Waals surface area contributed by atoms with Crippen LogP contribution in [-0.4, -0.2) is 55.6 Å². The van der Waals surface area contributed by atoms with Gasteiger partial charge in [0.05, 0.1) is 25.3 Å². The number of hydrogen-bond acceptors (Lipinski definition) is 3. The van der Waals surface area contributed by atoms with E-state index in [2.05, 4.69) is 10.1 Å². The second kappa shape index (κ2) is 8.53. The molecule has 0 bridgehead atoms. The van der Waals surface area contributed by atoms with Gasteiger partial charge in [-0.15, -0.1) is 0 Å². The van der Waals surface area contributed by atoms with Crippen molar-refractivity contribution in [2.75, 3.05) is 26.3 Å². The number of halogens is 3. The summed E-state index contributed by atoms with van der Waals surface area (Å²) >= 11 is 0. The van der Waals surface area contributed by atoms with Gasteiger partial charge in [-0.3, -0.25) is 0 Å². The van der Waals surface area contributed by atoms with Crippen molar-refractivity contribution in [3.05, 3.63) is 35.9 Å². The number of nitrogens with one attached hydrogen (secondary N) is 1. The summed E-state index contributed by atoms with van der Waals surface area (Å²) in [4.78, 5) is 14.0. The number of nitrogens with zero attached hydrogens (tertiary/aromatic N) is 1. The maximum atomic E-state index is 12.4. The molecule has 0 aromatic heterocycles. The summed E-state index contributed by atoms with van der Waals surface area (Å²) in [7, 11) is 0. The van der Waals surface area contributed by atoms with Gasteiger partial charge >= 0.3 is 12.2 Å². The number of urea groups is 1. The molecular weight excluding hydrogens is 337 g/mol. The van der Waals surface area contributed by atoms with Crippen molar-refractivity contribution in [3.8, 4) is 0 Å². The summed E-state index contributed by atoms with van der Waals surface area (Å²) in [5.41, 5.74) is 0.980. The molecule has 1 N–H and O–H groups in total. The highest BCUT2D eigenvalue weighted by molar-refractivity contribution is 5.74. The number of carbonyl (C=O) groups is 1. The van der Waals surface area contributed by atoms with Crippen molar-refractivity contribution in [1.29, 1.82) is 0 Å². The van der Waals surface area contributed by atoms with Crippen molar-refractivity contribution >= 4 is 6.03 Å². The molecule has 0 saturated carbocycles. The molecule has 1 aliphatic heterocycles. The molecule has 2 rings (SSSR count). The quantitative estimate of drug-likeness (QED) is 0.878. The van der Waals surface area contributed by atoms with Crippen LogP contribution in [0.15, 0.2) is 30.3 Å². The molecule has 5 nitrogen and oxygen atoms in total. The second-order valence-electron chi connectivity index (χ2n) is 6.23. The molecular formula is C17H23F3N2O3. The fourth-order valence-corrected chi connectivity index (χ4v) is 2.66. The average molecular weight is 360 g/mol. The lowest BCUT2D eigenvalue weighted by Gasteiger charge is -2.37. The summed E-state index contributed by atoms with van der Waals surface area (Å²) < 4.78 is 46.7. The Morgan fingerprint density at radius 3 is 2.68 bits per heavy atom. The van der Waals surface area contributed by atoms with Crippen LogP contribution < -0.4 is 5.32 Å². The molecule has 0 unspecified atom stereocenters. The smallest absolute Gasteiger partial charge is 0.370 e. The topological polar surface area (TPSA) is 50.8 Å². The van der Waals surface area contributed by atoms with Crippen LogP contribution in [0.1, 0.15) is 25.5 Å². The van der Waals surface area contributed by atoms with Gasteiger partial charge in [-0.2, -0.15) is 13.2 Å². The number of morpholine rings is 1. The van der Waals surface area contributed by atoms with Crippen LogP contribution >= 0.6 is 0 Å². The highest BCUT2D eigenvalue weighted by Crippen LogP contribution is 2.25. The van der Waals surface area contributed by atoms with Crippen molar-refractivity contribution in [3.63, 3.8) is 0 Å². The number of alkyl halides is 3. The Labute approximate surface area is 145 Å². The third-order valence-corrected chi connectivity index (χ3v) is 3.72. The normalized spacial score (nSPS) is 22.5. The lowest BCUT2D eigenvalue weighted by atomic mass is 10.1. The fraction of sp³-hybridized carbons (Fsp3) is 0.588. The van der Waals surface area contributed by atoms with Gasteiger partial charge in [0, 0.05) is 6.54 Å². The van der Waals surface area contributed by atoms with Crippen LogP contribution in [0.5, 0.6) is 0 Å². The number of amides is 2. The van der Waals surface area contributed by atoms with Crippen LogP contribution in [0, 0.1) is 0 Å². The maximum Gasteiger partial charge on any atom is 0.411 e. The monoisotopic (exact) mass is 360 g/mol. The zero-order chi connectivity index (χ0) is 18.4. The Morgan fingerprint density at radius 2 is 2.04 bits per heavy atom. The molecule has 0 spiro atoms.